The molecular weight excluding hydrogens is 335 g/mol. The molecule has 0 fully saturated rings. The van der Waals surface area contributed by atoms with Gasteiger partial charge in [-0.2, -0.15) is 13.2 Å². The van der Waals surface area contributed by atoms with E-state index in [1.165, 1.54) is 12.1 Å². The first-order chi connectivity index (χ1) is 9.43. The Labute approximate surface area is 120 Å². The van der Waals surface area contributed by atoms with Crippen LogP contribution in [0.1, 0.15) is 5.56 Å². The van der Waals surface area contributed by atoms with E-state index in [-0.39, 0.29) is 0 Å². The molecule has 0 aliphatic heterocycles. The molecule has 20 heavy (non-hydrogen) atoms. The Morgan fingerprint density at radius 3 is 2.40 bits per heavy atom. The lowest BCUT2D eigenvalue weighted by molar-refractivity contribution is -0.137. The summed E-state index contributed by atoms with van der Waals surface area (Å²) in [5, 5.41) is 0. The fourth-order valence-corrected chi connectivity index (χ4v) is 2.17. The molecule has 0 aliphatic rings. The first-order valence-electron chi connectivity index (χ1n) is 5.61. The normalized spacial score (nSPS) is 12.0. The van der Waals surface area contributed by atoms with Gasteiger partial charge in [0, 0.05) is 18.0 Å². The van der Waals surface area contributed by atoms with Crippen molar-refractivity contribution in [3.63, 3.8) is 0 Å². The zero-order chi connectivity index (χ0) is 14.3. The van der Waals surface area contributed by atoms with Gasteiger partial charge < -0.3 is 4.40 Å². The van der Waals surface area contributed by atoms with Crippen LogP contribution in [0.25, 0.3) is 16.9 Å². The van der Waals surface area contributed by atoms with Crippen molar-refractivity contribution in [1.82, 2.24) is 14.4 Å². The summed E-state index contributed by atoms with van der Waals surface area (Å²) in [6.45, 7) is 0. The number of nitrogens with zero attached hydrogens (tertiary/aromatic N) is 3. The van der Waals surface area contributed by atoms with Crippen molar-refractivity contribution in [2.75, 3.05) is 0 Å². The first kappa shape index (κ1) is 13.1. The third-order valence-corrected chi connectivity index (χ3v) is 3.23. The average molecular weight is 342 g/mol. The lowest BCUT2D eigenvalue weighted by Gasteiger charge is -2.06. The van der Waals surface area contributed by atoms with Gasteiger partial charge in [-0.25, -0.2) is 9.97 Å². The van der Waals surface area contributed by atoms with E-state index in [9.17, 15) is 13.2 Å². The topological polar surface area (TPSA) is 30.2 Å². The second kappa shape index (κ2) is 4.59. The van der Waals surface area contributed by atoms with Gasteiger partial charge in [-0.1, -0.05) is 12.1 Å². The molecule has 3 nitrogen and oxygen atoms in total. The van der Waals surface area contributed by atoms with E-state index in [0.29, 0.717) is 21.5 Å². The summed E-state index contributed by atoms with van der Waals surface area (Å²) < 4.78 is 39.9. The summed E-state index contributed by atoms with van der Waals surface area (Å²) in [6, 6.07) is 4.92. The highest BCUT2D eigenvalue weighted by Gasteiger charge is 2.30. The van der Waals surface area contributed by atoms with Crippen molar-refractivity contribution in [3.8, 4) is 11.3 Å². The van der Waals surface area contributed by atoms with Crippen LogP contribution in [0.4, 0.5) is 13.2 Å². The summed E-state index contributed by atoms with van der Waals surface area (Å²) in [5.74, 6) is 0. The van der Waals surface area contributed by atoms with Crippen LogP contribution < -0.4 is 0 Å². The number of halogens is 4. The third-order valence-electron chi connectivity index (χ3n) is 2.82. The molecule has 0 atom stereocenters. The highest BCUT2D eigenvalue weighted by molar-refractivity contribution is 9.10. The van der Waals surface area contributed by atoms with Crippen molar-refractivity contribution in [1.29, 1.82) is 0 Å². The minimum absolute atomic E-state index is 0.596. The molecule has 0 bridgehead atoms. The fraction of sp³-hybridized carbons (Fsp3) is 0.0769. The predicted molar refractivity (Wildman–Crippen MR) is 71.1 cm³/mol. The van der Waals surface area contributed by atoms with E-state index in [2.05, 4.69) is 25.9 Å². The molecule has 3 aromatic rings. The molecule has 0 saturated carbocycles. The smallest absolute Gasteiger partial charge is 0.302 e. The maximum Gasteiger partial charge on any atom is 0.416 e. The van der Waals surface area contributed by atoms with Crippen LogP contribution >= 0.6 is 15.9 Å². The van der Waals surface area contributed by atoms with Crippen LogP contribution in [0.15, 0.2) is 47.5 Å². The standard InChI is InChI=1S/C13H7BrF3N3/c14-11-7-20-6-10(19-12(20)5-18-11)8-1-3-9(4-2-8)13(15,16)17/h1-7H. The monoisotopic (exact) mass is 341 g/mol. The lowest BCUT2D eigenvalue weighted by atomic mass is 10.1. The van der Waals surface area contributed by atoms with E-state index >= 15 is 0 Å². The van der Waals surface area contributed by atoms with Crippen molar-refractivity contribution >= 4 is 21.6 Å². The molecule has 0 N–H and O–H groups in total. The van der Waals surface area contributed by atoms with E-state index < -0.39 is 11.7 Å². The van der Waals surface area contributed by atoms with Gasteiger partial charge in [-0.3, -0.25) is 0 Å². The van der Waals surface area contributed by atoms with Crippen molar-refractivity contribution in [3.05, 3.63) is 53.0 Å². The Balaban J connectivity index is 2.02. The second-order valence-corrected chi connectivity index (χ2v) is 4.99. The number of hydrogen-bond donors (Lipinski definition) is 0. The zero-order valence-corrected chi connectivity index (χ0v) is 11.5. The molecule has 0 unspecified atom stereocenters. The minimum Gasteiger partial charge on any atom is -0.302 e. The maximum absolute atomic E-state index is 12.5. The molecule has 0 saturated heterocycles. The number of rotatable bonds is 1. The van der Waals surface area contributed by atoms with E-state index in [1.807, 2.05) is 0 Å². The quantitative estimate of drug-likeness (QED) is 0.664. The van der Waals surface area contributed by atoms with Crippen LogP contribution in [0.5, 0.6) is 0 Å². The molecule has 2 heterocycles. The molecular formula is C13H7BrF3N3. The molecule has 102 valence electrons. The number of aromatic nitrogens is 3. The van der Waals surface area contributed by atoms with Crippen molar-refractivity contribution in [2.45, 2.75) is 6.18 Å². The SMILES string of the molecule is FC(F)(F)c1ccc(-c2cn3cc(Br)ncc3n2)cc1. The minimum atomic E-state index is -4.33. The average Bonchev–Trinajstić information content (AvgIpc) is 2.80. The van der Waals surface area contributed by atoms with Gasteiger partial charge in [0.2, 0.25) is 0 Å². The molecule has 0 spiro atoms. The van der Waals surface area contributed by atoms with Gasteiger partial charge in [0.25, 0.3) is 0 Å². The van der Waals surface area contributed by atoms with Crippen LogP contribution in [-0.2, 0) is 6.18 Å². The Morgan fingerprint density at radius 2 is 1.75 bits per heavy atom. The molecule has 0 aliphatic carbocycles. The number of imidazole rings is 1. The maximum atomic E-state index is 12.5. The Kier molecular flexibility index (Phi) is 3.01. The highest BCUT2D eigenvalue weighted by atomic mass is 79.9. The van der Waals surface area contributed by atoms with Gasteiger partial charge >= 0.3 is 6.18 Å². The largest absolute Gasteiger partial charge is 0.416 e. The third kappa shape index (κ3) is 2.40. The van der Waals surface area contributed by atoms with Gasteiger partial charge in [0.05, 0.1) is 17.5 Å². The molecule has 7 heteroatoms. The molecule has 2 aromatic heterocycles. The number of benzene rings is 1. The highest BCUT2D eigenvalue weighted by Crippen LogP contribution is 2.30. The van der Waals surface area contributed by atoms with E-state index in [4.69, 9.17) is 0 Å². The van der Waals surface area contributed by atoms with Crippen LogP contribution in [0.3, 0.4) is 0 Å². The Bertz CT molecular complexity index is 763. The molecule has 0 radical (unpaired) electrons. The Hall–Kier alpha value is -1.89. The van der Waals surface area contributed by atoms with Gasteiger partial charge in [0.15, 0.2) is 5.65 Å². The fourth-order valence-electron chi connectivity index (χ4n) is 1.84. The number of alkyl halides is 3. The Morgan fingerprint density at radius 1 is 1.05 bits per heavy atom. The zero-order valence-electron chi connectivity index (χ0n) is 9.89. The van der Waals surface area contributed by atoms with Gasteiger partial charge in [-0.05, 0) is 28.1 Å². The summed E-state index contributed by atoms with van der Waals surface area (Å²) in [7, 11) is 0. The second-order valence-electron chi connectivity index (χ2n) is 4.18. The van der Waals surface area contributed by atoms with Crippen LogP contribution in [-0.4, -0.2) is 14.4 Å². The van der Waals surface area contributed by atoms with Gasteiger partial charge in [0.1, 0.15) is 4.60 Å². The number of fused-ring (bicyclic) bond motifs is 1. The van der Waals surface area contributed by atoms with Crippen molar-refractivity contribution < 1.29 is 13.2 Å². The van der Waals surface area contributed by atoms with Crippen LogP contribution in [0.2, 0.25) is 0 Å². The molecule has 0 amide bonds. The molecule has 3 rings (SSSR count). The molecule has 1 aromatic carbocycles. The summed E-state index contributed by atoms with van der Waals surface area (Å²) >= 11 is 3.24. The van der Waals surface area contributed by atoms with Gasteiger partial charge in [-0.15, -0.1) is 0 Å². The first-order valence-corrected chi connectivity index (χ1v) is 6.41. The summed E-state index contributed by atoms with van der Waals surface area (Å²) in [4.78, 5) is 8.36. The van der Waals surface area contributed by atoms with E-state index in [1.54, 1.807) is 23.0 Å². The predicted octanol–water partition coefficient (Wildman–Crippen LogP) is 4.18. The van der Waals surface area contributed by atoms with E-state index in [0.717, 1.165) is 12.1 Å². The van der Waals surface area contributed by atoms with Crippen molar-refractivity contribution in [2.24, 2.45) is 0 Å². The lowest BCUT2D eigenvalue weighted by Crippen LogP contribution is -2.03. The summed E-state index contributed by atoms with van der Waals surface area (Å²) in [5.41, 5.74) is 1.17. The van der Waals surface area contributed by atoms with Crippen LogP contribution in [0, 0.1) is 0 Å². The summed E-state index contributed by atoms with van der Waals surface area (Å²) in [6.07, 6.45) is 0.726. The number of hydrogen-bond acceptors (Lipinski definition) is 2.